The molecule has 3 nitrogen and oxygen atoms in total. The molecule has 23 heavy (non-hydrogen) atoms. The van der Waals surface area contributed by atoms with Gasteiger partial charge in [-0.05, 0) is 69.1 Å². The van der Waals surface area contributed by atoms with Crippen LogP contribution in [-0.4, -0.2) is 22.8 Å². The summed E-state index contributed by atoms with van der Waals surface area (Å²) in [5, 5.41) is 18.9. The first-order valence-electron chi connectivity index (χ1n) is 8.92. The Labute approximate surface area is 140 Å². The number of allylic oxidation sites excluding steroid dienone is 3. The molecule has 0 unspecified atom stereocenters. The summed E-state index contributed by atoms with van der Waals surface area (Å²) in [6.45, 7) is 8.87. The first-order chi connectivity index (χ1) is 10.8. The number of aliphatic hydroxyl groups is 1. The lowest BCUT2D eigenvalue weighted by Crippen LogP contribution is -2.52. The number of carboxylic acids is 1. The number of aliphatic hydroxyl groups excluding tert-OH is 1. The highest BCUT2D eigenvalue weighted by Gasteiger charge is 2.56. The second kappa shape index (κ2) is 6.80. The van der Waals surface area contributed by atoms with E-state index in [2.05, 4.69) is 26.8 Å². The van der Waals surface area contributed by atoms with Crippen molar-refractivity contribution >= 4 is 5.97 Å². The highest BCUT2D eigenvalue weighted by Crippen LogP contribution is 2.62. The Morgan fingerprint density at radius 3 is 2.70 bits per heavy atom. The minimum Gasteiger partial charge on any atom is -0.481 e. The highest BCUT2D eigenvalue weighted by atomic mass is 16.4. The van der Waals surface area contributed by atoms with Crippen LogP contribution in [0.1, 0.15) is 66.2 Å². The van der Waals surface area contributed by atoms with Gasteiger partial charge in [0, 0.05) is 0 Å². The fraction of sp³-hybridized carbons (Fsp3) is 0.750. The standard InChI is InChI=1S/C20H32O3/c1-14(10-13-21)8-11-20(4)16(18(22)23)9-12-19(3)15(2)6-5-7-17(19)20/h6,10,16-17,21H,5,7-9,11-13H2,1-4H3,(H,22,23)/b14-10+/t16-,17-,19-,20-/m0/s1. The quantitative estimate of drug-likeness (QED) is 0.730. The zero-order valence-electron chi connectivity index (χ0n) is 15.1. The number of hydrogen-bond acceptors (Lipinski definition) is 2. The molecule has 4 atom stereocenters. The normalized spacial score (nSPS) is 38.0. The van der Waals surface area contributed by atoms with Crippen LogP contribution < -0.4 is 0 Å². The largest absolute Gasteiger partial charge is 0.481 e. The third-order valence-electron chi connectivity index (χ3n) is 6.92. The minimum absolute atomic E-state index is 0.0634. The molecule has 0 bridgehead atoms. The van der Waals surface area contributed by atoms with Gasteiger partial charge >= 0.3 is 5.97 Å². The maximum absolute atomic E-state index is 11.9. The molecule has 3 heteroatoms. The van der Waals surface area contributed by atoms with Crippen LogP contribution in [0.5, 0.6) is 0 Å². The van der Waals surface area contributed by atoms with Crippen LogP contribution in [0, 0.1) is 22.7 Å². The van der Waals surface area contributed by atoms with Gasteiger partial charge in [0.15, 0.2) is 0 Å². The summed E-state index contributed by atoms with van der Waals surface area (Å²) in [4.78, 5) is 11.9. The van der Waals surface area contributed by atoms with Crippen molar-refractivity contribution in [3.05, 3.63) is 23.3 Å². The molecule has 2 rings (SSSR count). The summed E-state index contributed by atoms with van der Waals surface area (Å²) < 4.78 is 0. The lowest BCUT2D eigenvalue weighted by molar-refractivity contribution is -0.156. The number of hydrogen-bond donors (Lipinski definition) is 2. The molecule has 1 saturated carbocycles. The van der Waals surface area contributed by atoms with Crippen molar-refractivity contribution in [3.8, 4) is 0 Å². The molecule has 0 radical (unpaired) electrons. The predicted octanol–water partition coefficient (Wildman–Crippen LogP) is 4.57. The van der Waals surface area contributed by atoms with Crippen LogP contribution in [0.25, 0.3) is 0 Å². The summed E-state index contributed by atoms with van der Waals surface area (Å²) in [5.74, 6) is -0.462. The zero-order valence-corrected chi connectivity index (χ0v) is 15.1. The fourth-order valence-electron chi connectivity index (χ4n) is 5.22. The Hall–Kier alpha value is -1.09. The zero-order chi connectivity index (χ0) is 17.3. The van der Waals surface area contributed by atoms with Crippen molar-refractivity contribution in [1.82, 2.24) is 0 Å². The van der Waals surface area contributed by atoms with Crippen molar-refractivity contribution in [2.75, 3.05) is 6.61 Å². The number of aliphatic carboxylic acids is 1. The van der Waals surface area contributed by atoms with E-state index in [1.54, 1.807) is 0 Å². The molecule has 0 aliphatic heterocycles. The monoisotopic (exact) mass is 320 g/mol. The lowest BCUT2D eigenvalue weighted by Gasteiger charge is -2.57. The molecule has 0 spiro atoms. The Morgan fingerprint density at radius 1 is 1.39 bits per heavy atom. The molecule has 0 amide bonds. The number of carbonyl (C=O) groups is 1. The molecule has 2 aliphatic rings. The molecule has 0 aromatic heterocycles. The highest BCUT2D eigenvalue weighted by molar-refractivity contribution is 5.71. The van der Waals surface area contributed by atoms with Gasteiger partial charge in [-0.2, -0.15) is 0 Å². The average Bonchev–Trinajstić information content (AvgIpc) is 2.47. The van der Waals surface area contributed by atoms with Gasteiger partial charge in [0.05, 0.1) is 12.5 Å². The van der Waals surface area contributed by atoms with Crippen LogP contribution in [0.4, 0.5) is 0 Å². The van der Waals surface area contributed by atoms with E-state index >= 15 is 0 Å². The second-order valence-electron chi connectivity index (χ2n) is 8.10. The fourth-order valence-corrected chi connectivity index (χ4v) is 5.22. The van der Waals surface area contributed by atoms with E-state index in [-0.39, 0.29) is 23.4 Å². The van der Waals surface area contributed by atoms with Gasteiger partial charge in [-0.3, -0.25) is 4.79 Å². The third-order valence-corrected chi connectivity index (χ3v) is 6.92. The molecule has 0 aromatic rings. The summed E-state index contributed by atoms with van der Waals surface area (Å²) in [6, 6.07) is 0. The lowest BCUT2D eigenvalue weighted by atomic mass is 9.46. The van der Waals surface area contributed by atoms with Crippen molar-refractivity contribution in [2.24, 2.45) is 22.7 Å². The van der Waals surface area contributed by atoms with E-state index in [9.17, 15) is 9.90 Å². The van der Waals surface area contributed by atoms with Crippen LogP contribution in [0.2, 0.25) is 0 Å². The Morgan fingerprint density at radius 2 is 2.09 bits per heavy atom. The first kappa shape index (κ1) is 18.3. The molecule has 0 saturated heterocycles. The number of carboxylic acid groups (broad SMARTS) is 1. The first-order valence-corrected chi connectivity index (χ1v) is 8.92. The van der Waals surface area contributed by atoms with Crippen LogP contribution in [0.15, 0.2) is 23.3 Å². The molecular weight excluding hydrogens is 288 g/mol. The summed E-state index contributed by atoms with van der Waals surface area (Å²) in [6.07, 6.45) is 9.87. The maximum Gasteiger partial charge on any atom is 0.307 e. The second-order valence-corrected chi connectivity index (χ2v) is 8.10. The Balaban J connectivity index is 2.34. The molecule has 2 N–H and O–H groups in total. The van der Waals surface area contributed by atoms with Gasteiger partial charge in [-0.1, -0.05) is 37.1 Å². The van der Waals surface area contributed by atoms with E-state index in [1.807, 2.05) is 13.0 Å². The Bertz CT molecular complexity index is 519. The van der Waals surface area contributed by atoms with Crippen LogP contribution in [-0.2, 0) is 4.79 Å². The summed E-state index contributed by atoms with van der Waals surface area (Å²) in [5.41, 5.74) is 2.58. The van der Waals surface area contributed by atoms with Crippen LogP contribution in [0.3, 0.4) is 0 Å². The molecule has 2 aliphatic carbocycles. The minimum atomic E-state index is -0.634. The van der Waals surface area contributed by atoms with Gasteiger partial charge in [0.25, 0.3) is 0 Å². The third kappa shape index (κ3) is 3.26. The molecular formula is C20H32O3. The van der Waals surface area contributed by atoms with Crippen molar-refractivity contribution in [3.63, 3.8) is 0 Å². The average molecular weight is 320 g/mol. The van der Waals surface area contributed by atoms with Gasteiger partial charge in [-0.15, -0.1) is 0 Å². The summed E-state index contributed by atoms with van der Waals surface area (Å²) in [7, 11) is 0. The molecule has 130 valence electrons. The van der Waals surface area contributed by atoms with E-state index in [1.165, 1.54) is 5.57 Å². The molecule has 1 fully saturated rings. The van der Waals surface area contributed by atoms with Crippen molar-refractivity contribution in [2.45, 2.75) is 66.2 Å². The van der Waals surface area contributed by atoms with Crippen molar-refractivity contribution in [1.29, 1.82) is 0 Å². The molecule has 0 heterocycles. The number of rotatable bonds is 5. The number of fused-ring (bicyclic) bond motifs is 1. The van der Waals surface area contributed by atoms with E-state index < -0.39 is 5.97 Å². The van der Waals surface area contributed by atoms with E-state index in [4.69, 9.17) is 5.11 Å². The smallest absolute Gasteiger partial charge is 0.307 e. The van der Waals surface area contributed by atoms with Gasteiger partial charge < -0.3 is 10.2 Å². The summed E-state index contributed by atoms with van der Waals surface area (Å²) >= 11 is 0. The van der Waals surface area contributed by atoms with Gasteiger partial charge in [0.2, 0.25) is 0 Å². The Kier molecular flexibility index (Phi) is 5.40. The van der Waals surface area contributed by atoms with E-state index in [0.29, 0.717) is 5.92 Å². The SMILES string of the molecule is CC1=CCC[C@@H]2[C@@](C)(CC/C(C)=C/CO)[C@H](C(=O)O)CC[C@@]12C. The topological polar surface area (TPSA) is 57.5 Å². The van der Waals surface area contributed by atoms with Crippen LogP contribution >= 0.6 is 0 Å². The van der Waals surface area contributed by atoms with E-state index in [0.717, 1.165) is 44.1 Å². The van der Waals surface area contributed by atoms with Gasteiger partial charge in [0.1, 0.15) is 0 Å². The molecule has 0 aromatic carbocycles. The van der Waals surface area contributed by atoms with Gasteiger partial charge in [-0.25, -0.2) is 0 Å². The predicted molar refractivity (Wildman–Crippen MR) is 93.1 cm³/mol. The van der Waals surface area contributed by atoms with Crippen molar-refractivity contribution < 1.29 is 15.0 Å². The maximum atomic E-state index is 11.9.